The molecular weight excluding hydrogens is 123 g/mol. The molecule has 0 fully saturated rings. The summed E-state index contributed by atoms with van der Waals surface area (Å²) in [4.78, 5) is 0. The largest absolute Gasteiger partial charge is 2.00 e. The molecule has 4 heavy (non-hydrogen) atoms. The Morgan fingerprint density at radius 1 is 1.25 bits per heavy atom. The average molecular weight is 127 g/mol. The first-order valence-corrected chi connectivity index (χ1v) is 0. The van der Waals surface area contributed by atoms with Crippen molar-refractivity contribution in [3.05, 3.63) is 0 Å². The van der Waals surface area contributed by atoms with Gasteiger partial charge in [0.1, 0.15) is 0 Å². The van der Waals surface area contributed by atoms with Crippen molar-refractivity contribution in [1.82, 2.24) is 0 Å². The Hall–Kier alpha value is 2.45. The first-order valence-electron chi connectivity index (χ1n) is 0. The van der Waals surface area contributed by atoms with E-state index in [9.17, 15) is 0 Å². The van der Waals surface area contributed by atoms with Crippen LogP contribution in [0.4, 0.5) is 0 Å². The predicted molar refractivity (Wildman–Crippen MR) is 14.8 cm³/mol. The molecule has 0 saturated heterocycles. The molecule has 0 aromatic rings. The van der Waals surface area contributed by atoms with E-state index >= 15 is 0 Å². The van der Waals surface area contributed by atoms with Crippen molar-refractivity contribution in [2.24, 2.45) is 0 Å². The third kappa shape index (κ3) is 8.82. The first kappa shape index (κ1) is 31.9. The van der Waals surface area contributed by atoms with Crippen molar-refractivity contribution in [3.8, 4) is 0 Å². The Morgan fingerprint density at radius 3 is 1.25 bits per heavy atom. The van der Waals surface area contributed by atoms with Crippen LogP contribution in [0.1, 0.15) is 4.28 Å². The molecule has 0 rings (SSSR count). The Morgan fingerprint density at radius 2 is 1.25 bits per heavy atom. The van der Waals surface area contributed by atoms with Crippen molar-refractivity contribution in [3.63, 3.8) is 0 Å². The van der Waals surface area contributed by atoms with Crippen molar-refractivity contribution < 1.29 is 53.3 Å². The molecule has 0 aliphatic rings. The third-order valence-corrected chi connectivity index (χ3v) is 0. The van der Waals surface area contributed by atoms with Gasteiger partial charge in [0.05, 0.1) is 0 Å². The number of rotatable bonds is 0. The summed E-state index contributed by atoms with van der Waals surface area (Å²) in [6.45, 7) is 0. The van der Waals surface area contributed by atoms with E-state index in [1.807, 2.05) is 0 Å². The Bertz CT molecular complexity index is 14.9. The van der Waals surface area contributed by atoms with Crippen molar-refractivity contribution >= 4 is 31.5 Å². The van der Waals surface area contributed by atoms with Gasteiger partial charge in [0.25, 0.3) is 0 Å². The summed E-state index contributed by atoms with van der Waals surface area (Å²) < 4.78 is 0. The summed E-state index contributed by atoms with van der Waals surface area (Å²) in [5.74, 6) is 0. The van der Waals surface area contributed by atoms with Gasteiger partial charge in [-0.3, -0.25) is 0 Å². The molecule has 0 atom stereocenters. The fourth-order valence-corrected chi connectivity index (χ4v) is 0. The van der Waals surface area contributed by atoms with Crippen molar-refractivity contribution in [1.29, 1.82) is 0 Å². The van der Waals surface area contributed by atoms with E-state index in [0.29, 0.717) is 0 Å². The molecule has 0 nitrogen and oxygen atoms in total. The number of hydrogen-bond acceptors (Lipinski definition) is 0. The van der Waals surface area contributed by atoms with Crippen LogP contribution in [0.15, 0.2) is 0 Å². The molecule has 0 aliphatic carbocycles. The quantitative estimate of drug-likeness (QED) is 0.297. The summed E-state index contributed by atoms with van der Waals surface area (Å²) >= 11 is 0. The zero-order valence-electron chi connectivity index (χ0n) is 5.99. The molecule has 0 bridgehead atoms. The molecule has 0 N–H and O–H groups in total. The Balaban J connectivity index is 0. The van der Waals surface area contributed by atoms with Crippen LogP contribution in [0, 0.1) is 0 Å². The zero-order chi connectivity index (χ0) is 0. The Kier molecular flexibility index (Phi) is 143. The predicted octanol–water partition coefficient (Wildman–Crippen LogP) is -3.42. The van der Waals surface area contributed by atoms with Gasteiger partial charge in [-0.15, -0.1) is 0 Å². The molecule has 11 valence electrons. The van der Waals surface area contributed by atoms with E-state index in [1.54, 1.807) is 0 Å². The average Bonchev–Trinajstić information content (AvgIpc) is 0. The molecule has 0 heterocycles. The molecule has 0 saturated carbocycles. The van der Waals surface area contributed by atoms with Gasteiger partial charge in [0, 0.05) is 27.9 Å². The third-order valence-electron chi connectivity index (χ3n) is 0. The molecule has 0 aliphatic heterocycles. The maximum atomic E-state index is 0. The van der Waals surface area contributed by atoms with E-state index in [-0.39, 0.29) is 84.8 Å². The fourth-order valence-electron chi connectivity index (χ4n) is 0. The van der Waals surface area contributed by atoms with Gasteiger partial charge < -0.3 is 4.28 Å². The first-order chi connectivity index (χ1) is 0. The van der Waals surface area contributed by atoms with E-state index < -0.39 is 0 Å². The van der Waals surface area contributed by atoms with Gasteiger partial charge in [0.15, 0.2) is 0 Å². The SMILES string of the molecule is [B].[H-].[H-].[H-].[Mg+2].[Na+].[Zn]. The molecule has 3 radical (unpaired) electrons. The van der Waals surface area contributed by atoms with Gasteiger partial charge >= 0.3 is 52.6 Å². The maximum absolute atomic E-state index is 0. The minimum atomic E-state index is 0. The van der Waals surface area contributed by atoms with Crippen LogP contribution in [-0.4, -0.2) is 31.5 Å². The van der Waals surface area contributed by atoms with E-state index in [0.717, 1.165) is 0 Å². The maximum Gasteiger partial charge on any atom is 2.00 e. The minimum absolute atomic E-state index is 0. The molecule has 0 aromatic heterocycles. The van der Waals surface area contributed by atoms with Crippen LogP contribution < -0.4 is 29.6 Å². The summed E-state index contributed by atoms with van der Waals surface area (Å²) in [5, 5.41) is 0. The second-order valence-electron chi connectivity index (χ2n) is 0. The molecule has 0 spiro atoms. The molecular formula is H3BMgNaZn. The summed E-state index contributed by atoms with van der Waals surface area (Å²) in [6.07, 6.45) is 0. The topological polar surface area (TPSA) is 0 Å². The van der Waals surface area contributed by atoms with Gasteiger partial charge in [-0.1, -0.05) is 0 Å². The van der Waals surface area contributed by atoms with E-state index in [4.69, 9.17) is 0 Å². The minimum Gasteiger partial charge on any atom is -1.00 e. The molecule has 4 heteroatoms. The van der Waals surface area contributed by atoms with Crippen LogP contribution >= 0.6 is 0 Å². The second-order valence-corrected chi connectivity index (χ2v) is 0. The van der Waals surface area contributed by atoms with Crippen LogP contribution in [0.25, 0.3) is 0 Å². The van der Waals surface area contributed by atoms with E-state index in [1.165, 1.54) is 0 Å². The van der Waals surface area contributed by atoms with Crippen molar-refractivity contribution in [2.45, 2.75) is 0 Å². The van der Waals surface area contributed by atoms with Gasteiger partial charge in [-0.05, 0) is 0 Å². The Labute approximate surface area is 83.7 Å². The number of hydrogen-bond donors (Lipinski definition) is 0. The van der Waals surface area contributed by atoms with Gasteiger partial charge in [-0.2, -0.15) is 0 Å². The summed E-state index contributed by atoms with van der Waals surface area (Å²) in [7, 11) is 0. The zero-order valence-corrected chi connectivity index (χ0v) is 9.37. The van der Waals surface area contributed by atoms with Crippen LogP contribution in [0.3, 0.4) is 0 Å². The smallest absolute Gasteiger partial charge is 1.00 e. The van der Waals surface area contributed by atoms with Crippen LogP contribution in [0.2, 0.25) is 0 Å². The standard InChI is InChI=1S/B.Mg.Na.Zn.3H/q;+2;+1;;3*-1. The van der Waals surface area contributed by atoms with Gasteiger partial charge in [-0.25, -0.2) is 0 Å². The van der Waals surface area contributed by atoms with Crippen LogP contribution in [0.5, 0.6) is 0 Å². The molecule has 0 amide bonds. The summed E-state index contributed by atoms with van der Waals surface area (Å²) in [6, 6.07) is 0. The normalized spacial score (nSPS) is 0. The van der Waals surface area contributed by atoms with Crippen molar-refractivity contribution in [2.75, 3.05) is 0 Å². The van der Waals surface area contributed by atoms with Crippen LogP contribution in [-0.2, 0) is 19.5 Å². The fraction of sp³-hybridized carbons (Fsp3) is 0. The summed E-state index contributed by atoms with van der Waals surface area (Å²) in [5.41, 5.74) is 0. The second kappa shape index (κ2) is 18.0. The van der Waals surface area contributed by atoms with Gasteiger partial charge in [0.2, 0.25) is 0 Å². The monoisotopic (exact) mass is 125 g/mol. The molecule has 0 aromatic carbocycles. The van der Waals surface area contributed by atoms with E-state index in [2.05, 4.69) is 0 Å². The molecule has 0 unspecified atom stereocenters.